The maximum absolute atomic E-state index is 2.39. The maximum atomic E-state index is 2.39. The van der Waals surface area contributed by atoms with Crippen LogP contribution in [-0.2, 0) is 5.41 Å². The summed E-state index contributed by atoms with van der Waals surface area (Å²) in [6.45, 7) is 4.73. The molecule has 0 spiro atoms. The van der Waals surface area contributed by atoms with E-state index in [2.05, 4.69) is 266 Å². The van der Waals surface area contributed by atoms with Gasteiger partial charge in [0, 0.05) is 38.9 Å². The van der Waals surface area contributed by atoms with Gasteiger partial charge >= 0.3 is 0 Å². The summed E-state index contributed by atoms with van der Waals surface area (Å²) in [7, 11) is 0. The fourth-order valence-corrected chi connectivity index (χ4v) is 11.2. The Bertz CT molecular complexity index is 3860. The van der Waals surface area contributed by atoms with Gasteiger partial charge in [0.1, 0.15) is 0 Å². The summed E-state index contributed by atoms with van der Waals surface area (Å²) in [6.07, 6.45) is 0. The average molecular weight is 855 g/mol. The predicted molar refractivity (Wildman–Crippen MR) is 284 cm³/mol. The highest BCUT2D eigenvalue weighted by Crippen LogP contribution is 2.52. The van der Waals surface area contributed by atoms with E-state index in [1.807, 2.05) is 0 Å². The summed E-state index contributed by atoms with van der Waals surface area (Å²) in [6, 6.07) is 89.3. The van der Waals surface area contributed by atoms with Crippen molar-refractivity contribution in [3.8, 4) is 50.2 Å². The van der Waals surface area contributed by atoms with Crippen molar-refractivity contribution in [1.82, 2.24) is 4.57 Å². The van der Waals surface area contributed by atoms with Gasteiger partial charge < -0.3 is 9.47 Å². The molecule has 0 unspecified atom stereocenters. The lowest BCUT2D eigenvalue weighted by Crippen LogP contribution is -2.16. The Morgan fingerprint density at radius 2 is 0.866 bits per heavy atom. The van der Waals surface area contributed by atoms with Crippen LogP contribution < -0.4 is 4.90 Å². The summed E-state index contributed by atoms with van der Waals surface area (Å²) in [5, 5.41) is 7.58. The highest BCUT2D eigenvalue weighted by atomic mass is 15.1. The molecule has 0 amide bonds. The van der Waals surface area contributed by atoms with Gasteiger partial charge in [-0.1, -0.05) is 190 Å². The van der Waals surface area contributed by atoms with Gasteiger partial charge in [0.2, 0.25) is 0 Å². The number of hydrogen-bond donors (Lipinski definition) is 0. The first-order valence-electron chi connectivity index (χ1n) is 23.3. The second-order valence-corrected chi connectivity index (χ2v) is 18.5. The summed E-state index contributed by atoms with van der Waals surface area (Å²) in [4.78, 5) is 2.39. The Morgan fingerprint density at radius 1 is 0.328 bits per heavy atom. The molecule has 0 bridgehead atoms. The lowest BCUT2D eigenvalue weighted by molar-refractivity contribution is 0.662. The SMILES string of the molecule is CC1(C)c2ccccc2-c2cccc(-c3ccc(N(c4ccc(-c5ccc6c(c5)c5ccccc5n6-c5ccccc5)cc4)c4ccc(-c5cccc6c5ccc5ccccc56)cc4)cc3)c21. The second-order valence-electron chi connectivity index (χ2n) is 18.5. The molecule has 11 aromatic carbocycles. The van der Waals surface area contributed by atoms with E-state index in [9.17, 15) is 0 Å². The summed E-state index contributed by atoms with van der Waals surface area (Å²) < 4.78 is 2.37. The maximum Gasteiger partial charge on any atom is 0.0541 e. The van der Waals surface area contributed by atoms with Crippen molar-refractivity contribution in [2.45, 2.75) is 19.3 Å². The van der Waals surface area contributed by atoms with Gasteiger partial charge in [-0.3, -0.25) is 0 Å². The minimum atomic E-state index is -0.0998. The molecule has 1 aliphatic carbocycles. The first-order chi connectivity index (χ1) is 33.0. The quantitative estimate of drug-likeness (QED) is 0.145. The summed E-state index contributed by atoms with van der Waals surface area (Å²) >= 11 is 0. The summed E-state index contributed by atoms with van der Waals surface area (Å²) in [5.41, 5.74) is 19.6. The van der Waals surface area contributed by atoms with Gasteiger partial charge in [-0.15, -0.1) is 0 Å². The zero-order valence-corrected chi connectivity index (χ0v) is 37.5. The van der Waals surface area contributed by atoms with Gasteiger partial charge in [-0.25, -0.2) is 0 Å². The Morgan fingerprint density at radius 3 is 1.63 bits per heavy atom. The van der Waals surface area contributed by atoms with E-state index in [0.29, 0.717) is 0 Å². The molecular weight excluding hydrogens is 809 g/mol. The molecule has 2 nitrogen and oxygen atoms in total. The topological polar surface area (TPSA) is 8.17 Å². The van der Waals surface area contributed by atoms with Gasteiger partial charge in [0.05, 0.1) is 11.0 Å². The number of hydrogen-bond acceptors (Lipinski definition) is 1. The number of para-hydroxylation sites is 2. The zero-order chi connectivity index (χ0) is 44.6. The molecule has 0 radical (unpaired) electrons. The molecule has 0 atom stereocenters. The van der Waals surface area contributed by atoms with Gasteiger partial charge in [-0.2, -0.15) is 0 Å². The number of nitrogens with zero attached hydrogens (tertiary/aromatic N) is 2. The zero-order valence-electron chi connectivity index (χ0n) is 37.5. The Kier molecular flexibility index (Phi) is 8.91. The molecule has 13 rings (SSSR count). The molecule has 1 aliphatic rings. The van der Waals surface area contributed by atoms with E-state index in [4.69, 9.17) is 0 Å². The molecule has 0 aliphatic heterocycles. The van der Waals surface area contributed by atoms with E-state index in [0.717, 1.165) is 17.1 Å². The van der Waals surface area contributed by atoms with Crippen LogP contribution in [-0.4, -0.2) is 4.57 Å². The Labute approximate surface area is 391 Å². The van der Waals surface area contributed by atoms with Gasteiger partial charge in [-0.05, 0) is 144 Å². The number of anilines is 3. The highest BCUT2D eigenvalue weighted by molar-refractivity contribution is 6.12. The monoisotopic (exact) mass is 854 g/mol. The average Bonchev–Trinajstić information content (AvgIpc) is 3.85. The molecule has 2 heteroatoms. The third-order valence-corrected chi connectivity index (χ3v) is 14.4. The normalized spacial score (nSPS) is 12.7. The van der Waals surface area contributed by atoms with Gasteiger partial charge in [0.15, 0.2) is 0 Å². The van der Waals surface area contributed by atoms with Crippen molar-refractivity contribution in [2.24, 2.45) is 0 Å². The van der Waals surface area contributed by atoms with E-state index >= 15 is 0 Å². The molecule has 0 saturated carbocycles. The van der Waals surface area contributed by atoms with Crippen LogP contribution in [0.4, 0.5) is 17.1 Å². The minimum Gasteiger partial charge on any atom is -0.311 e. The lowest BCUT2D eigenvalue weighted by atomic mass is 9.79. The Hall–Kier alpha value is -8.46. The van der Waals surface area contributed by atoms with Crippen molar-refractivity contribution in [2.75, 3.05) is 4.90 Å². The third-order valence-electron chi connectivity index (χ3n) is 14.4. The van der Waals surface area contributed by atoms with Crippen LogP contribution in [0.1, 0.15) is 25.0 Å². The first kappa shape index (κ1) is 39.0. The molecule has 0 saturated heterocycles. The molecule has 0 N–H and O–H groups in total. The summed E-state index contributed by atoms with van der Waals surface area (Å²) in [5.74, 6) is 0. The first-order valence-corrected chi connectivity index (χ1v) is 23.3. The predicted octanol–water partition coefficient (Wildman–Crippen LogP) is 17.9. The standard InChI is InChI=1S/C65H46N2/c1-65(2)61-24-10-8-18-57(61)59-23-13-21-54(64(59)65)46-30-38-51(39-31-46)66(50-36-28-45(29-37-50)53-20-12-22-55-52-17-7-6-14-44(52)32-40-56(53)55)49-34-26-43(27-35-49)47-33-41-63-60(42-47)58-19-9-11-25-62(58)67(63)48-15-4-3-5-16-48/h3-42H,1-2H3. The third kappa shape index (κ3) is 6.25. The van der Waals surface area contributed by atoms with Crippen LogP contribution >= 0.6 is 0 Å². The molecule has 12 aromatic rings. The van der Waals surface area contributed by atoms with Crippen molar-refractivity contribution < 1.29 is 0 Å². The van der Waals surface area contributed by atoms with Crippen molar-refractivity contribution in [1.29, 1.82) is 0 Å². The van der Waals surface area contributed by atoms with Crippen molar-refractivity contribution in [3.63, 3.8) is 0 Å². The van der Waals surface area contributed by atoms with Crippen LogP contribution in [0.25, 0.3) is 93.5 Å². The molecule has 316 valence electrons. The minimum absolute atomic E-state index is 0.0998. The van der Waals surface area contributed by atoms with Crippen LogP contribution in [0.15, 0.2) is 243 Å². The fourth-order valence-electron chi connectivity index (χ4n) is 11.2. The number of fused-ring (bicyclic) bond motifs is 9. The highest BCUT2D eigenvalue weighted by Gasteiger charge is 2.37. The number of aromatic nitrogens is 1. The molecule has 1 aromatic heterocycles. The van der Waals surface area contributed by atoms with E-state index in [-0.39, 0.29) is 5.41 Å². The number of benzene rings is 11. The van der Waals surface area contributed by atoms with E-state index < -0.39 is 0 Å². The van der Waals surface area contributed by atoms with Crippen LogP contribution in [0.2, 0.25) is 0 Å². The van der Waals surface area contributed by atoms with Crippen molar-refractivity contribution in [3.05, 3.63) is 254 Å². The van der Waals surface area contributed by atoms with E-state index in [1.165, 1.54) is 105 Å². The molecule has 67 heavy (non-hydrogen) atoms. The van der Waals surface area contributed by atoms with E-state index in [1.54, 1.807) is 0 Å². The van der Waals surface area contributed by atoms with Gasteiger partial charge in [0.25, 0.3) is 0 Å². The smallest absolute Gasteiger partial charge is 0.0541 e. The fraction of sp³-hybridized carbons (Fsp3) is 0.0462. The van der Waals surface area contributed by atoms with Crippen LogP contribution in [0.5, 0.6) is 0 Å². The largest absolute Gasteiger partial charge is 0.311 e. The van der Waals surface area contributed by atoms with Crippen LogP contribution in [0.3, 0.4) is 0 Å². The Balaban J connectivity index is 0.900. The number of rotatable bonds is 7. The molecular formula is C65H46N2. The lowest BCUT2D eigenvalue weighted by Gasteiger charge is -2.27. The molecule has 1 heterocycles. The molecule has 0 fully saturated rings. The van der Waals surface area contributed by atoms with Crippen LogP contribution in [0, 0.1) is 0 Å². The van der Waals surface area contributed by atoms with Crippen molar-refractivity contribution >= 4 is 60.4 Å². The second kappa shape index (κ2) is 15.3.